The van der Waals surface area contributed by atoms with E-state index in [9.17, 15) is 9.18 Å². The van der Waals surface area contributed by atoms with Crippen LogP contribution in [0.5, 0.6) is 11.5 Å². The summed E-state index contributed by atoms with van der Waals surface area (Å²) in [6.45, 7) is 4.86. The number of carbonyl (C=O) groups is 1. The summed E-state index contributed by atoms with van der Waals surface area (Å²) in [6.07, 6.45) is 3.60. The van der Waals surface area contributed by atoms with E-state index in [1.54, 1.807) is 12.1 Å². The standard InChI is InChI=1S/C25H28FN5O3S/c1-17(18-5-10-21-22(13-18)34-16-33-21)27-24(32)15-35-25-29-28-23(14-30-11-3-2-4-12-30)31(25)20-8-6-19(26)7-9-20/h5-10,13,17H,2-4,11-12,14-16H2,1H3,(H,27,32). The van der Waals surface area contributed by atoms with Crippen molar-refractivity contribution in [1.29, 1.82) is 0 Å². The Hall–Kier alpha value is -3.11. The first kappa shape index (κ1) is 23.6. The minimum atomic E-state index is -0.300. The fourth-order valence-corrected chi connectivity index (χ4v) is 5.12. The van der Waals surface area contributed by atoms with Crippen molar-refractivity contribution in [3.05, 3.63) is 59.7 Å². The number of thioether (sulfide) groups is 1. The summed E-state index contributed by atoms with van der Waals surface area (Å²) in [4.78, 5) is 15.1. The molecule has 1 atom stereocenters. The van der Waals surface area contributed by atoms with Crippen LogP contribution in [0.15, 0.2) is 47.6 Å². The molecule has 5 rings (SSSR count). The SMILES string of the molecule is CC(NC(=O)CSc1nnc(CN2CCCCC2)n1-c1ccc(F)cc1)c1ccc2c(c1)OCO2. The topological polar surface area (TPSA) is 81.5 Å². The van der Waals surface area contributed by atoms with Crippen LogP contribution >= 0.6 is 11.8 Å². The molecular formula is C25H28FN5O3S. The molecule has 3 heterocycles. The lowest BCUT2D eigenvalue weighted by molar-refractivity contribution is -0.119. The van der Waals surface area contributed by atoms with Crippen LogP contribution in [0.1, 0.15) is 43.6 Å². The van der Waals surface area contributed by atoms with Crippen molar-refractivity contribution in [3.63, 3.8) is 0 Å². The highest BCUT2D eigenvalue weighted by Crippen LogP contribution is 2.34. The average Bonchev–Trinajstić information content (AvgIpc) is 3.50. The summed E-state index contributed by atoms with van der Waals surface area (Å²) in [5.74, 6) is 1.94. The van der Waals surface area contributed by atoms with Crippen molar-refractivity contribution >= 4 is 17.7 Å². The quantitative estimate of drug-likeness (QED) is 0.470. The number of aromatic nitrogens is 3. The van der Waals surface area contributed by atoms with E-state index >= 15 is 0 Å². The molecule has 35 heavy (non-hydrogen) atoms. The molecule has 0 saturated carbocycles. The second kappa shape index (κ2) is 10.7. The lowest BCUT2D eigenvalue weighted by Crippen LogP contribution is -2.30. The number of hydrogen-bond donors (Lipinski definition) is 1. The maximum Gasteiger partial charge on any atom is 0.231 e. The van der Waals surface area contributed by atoms with Crippen molar-refractivity contribution < 1.29 is 18.7 Å². The molecule has 2 aliphatic heterocycles. The summed E-state index contributed by atoms with van der Waals surface area (Å²) < 4.78 is 26.3. The van der Waals surface area contributed by atoms with E-state index in [2.05, 4.69) is 20.4 Å². The Kier molecular flexibility index (Phi) is 7.19. The van der Waals surface area contributed by atoms with E-state index in [4.69, 9.17) is 9.47 Å². The van der Waals surface area contributed by atoms with Gasteiger partial charge in [0.25, 0.3) is 0 Å². The van der Waals surface area contributed by atoms with Crippen molar-refractivity contribution in [3.8, 4) is 17.2 Å². The Labute approximate surface area is 207 Å². The van der Waals surface area contributed by atoms with Crippen LogP contribution in [0, 0.1) is 5.82 Å². The van der Waals surface area contributed by atoms with Crippen molar-refractivity contribution in [1.82, 2.24) is 25.0 Å². The molecule has 1 aromatic heterocycles. The third-order valence-electron chi connectivity index (χ3n) is 6.21. The third-order valence-corrected chi connectivity index (χ3v) is 7.13. The van der Waals surface area contributed by atoms with Gasteiger partial charge in [-0.25, -0.2) is 4.39 Å². The maximum atomic E-state index is 13.6. The second-order valence-corrected chi connectivity index (χ2v) is 9.68. The maximum absolute atomic E-state index is 13.6. The van der Waals surface area contributed by atoms with Gasteiger partial charge in [0.1, 0.15) is 5.82 Å². The number of nitrogens with zero attached hydrogens (tertiary/aromatic N) is 4. The zero-order valence-electron chi connectivity index (χ0n) is 19.6. The van der Waals surface area contributed by atoms with E-state index in [-0.39, 0.29) is 30.3 Å². The number of likely N-dealkylation sites (tertiary alicyclic amines) is 1. The molecule has 8 nitrogen and oxygen atoms in total. The zero-order valence-corrected chi connectivity index (χ0v) is 20.4. The van der Waals surface area contributed by atoms with Gasteiger partial charge in [0.2, 0.25) is 12.7 Å². The summed E-state index contributed by atoms with van der Waals surface area (Å²) in [6, 6.07) is 11.7. The molecule has 2 aromatic carbocycles. The first-order chi connectivity index (χ1) is 17.1. The lowest BCUT2D eigenvalue weighted by Gasteiger charge is -2.26. The number of halogens is 1. The highest BCUT2D eigenvalue weighted by molar-refractivity contribution is 7.99. The van der Waals surface area contributed by atoms with Crippen LogP contribution < -0.4 is 14.8 Å². The Morgan fingerprint density at radius 1 is 1.09 bits per heavy atom. The number of rotatable bonds is 8. The monoisotopic (exact) mass is 497 g/mol. The van der Waals surface area contributed by atoms with Crippen molar-refractivity contribution in [2.45, 2.75) is 43.9 Å². The van der Waals surface area contributed by atoms with Crippen molar-refractivity contribution in [2.24, 2.45) is 0 Å². The van der Waals surface area contributed by atoms with Gasteiger partial charge >= 0.3 is 0 Å². The molecule has 1 fully saturated rings. The molecule has 2 aliphatic rings. The molecule has 0 bridgehead atoms. The van der Waals surface area contributed by atoms with E-state index in [0.717, 1.165) is 30.2 Å². The minimum Gasteiger partial charge on any atom is -0.454 e. The highest BCUT2D eigenvalue weighted by Gasteiger charge is 2.21. The fourth-order valence-electron chi connectivity index (χ4n) is 4.34. The van der Waals surface area contributed by atoms with E-state index < -0.39 is 0 Å². The van der Waals surface area contributed by atoms with Gasteiger partial charge in [-0.05, 0) is 74.8 Å². The first-order valence-corrected chi connectivity index (χ1v) is 12.8. The predicted molar refractivity (Wildman–Crippen MR) is 130 cm³/mol. The summed E-state index contributed by atoms with van der Waals surface area (Å²) in [5.41, 5.74) is 1.71. The van der Waals surface area contributed by atoms with Gasteiger partial charge in [0.05, 0.1) is 18.3 Å². The van der Waals surface area contributed by atoms with Gasteiger partial charge in [-0.15, -0.1) is 10.2 Å². The summed E-state index contributed by atoms with van der Waals surface area (Å²) in [7, 11) is 0. The largest absolute Gasteiger partial charge is 0.454 e. The third kappa shape index (κ3) is 5.59. The number of ether oxygens (including phenoxy) is 2. The molecular weight excluding hydrogens is 469 g/mol. The van der Waals surface area contributed by atoms with Crippen LogP contribution in [0.2, 0.25) is 0 Å². The zero-order chi connectivity index (χ0) is 24.2. The van der Waals surface area contributed by atoms with Gasteiger partial charge < -0.3 is 14.8 Å². The number of benzene rings is 2. The Bertz CT molecular complexity index is 1180. The molecule has 1 N–H and O–H groups in total. The Morgan fingerprint density at radius 3 is 2.66 bits per heavy atom. The number of nitrogens with one attached hydrogen (secondary N) is 1. The summed E-state index contributed by atoms with van der Waals surface area (Å²) >= 11 is 1.31. The molecule has 1 saturated heterocycles. The van der Waals surface area contributed by atoms with E-state index in [0.29, 0.717) is 23.2 Å². The highest BCUT2D eigenvalue weighted by atomic mass is 32.2. The lowest BCUT2D eigenvalue weighted by atomic mass is 10.1. The molecule has 1 unspecified atom stereocenters. The van der Waals surface area contributed by atoms with Gasteiger partial charge in [-0.3, -0.25) is 14.3 Å². The molecule has 1 amide bonds. The van der Waals surface area contributed by atoms with E-state index in [1.807, 2.05) is 29.7 Å². The van der Waals surface area contributed by atoms with Crippen LogP contribution in [-0.4, -0.2) is 51.2 Å². The van der Waals surface area contributed by atoms with E-state index in [1.165, 1.54) is 43.2 Å². The van der Waals surface area contributed by atoms with Crippen LogP contribution in [0.3, 0.4) is 0 Å². The number of amides is 1. The van der Waals surface area contributed by atoms with Crippen LogP contribution in [0.4, 0.5) is 4.39 Å². The molecule has 3 aromatic rings. The Balaban J connectivity index is 1.27. The van der Waals surface area contributed by atoms with Crippen LogP contribution in [-0.2, 0) is 11.3 Å². The smallest absolute Gasteiger partial charge is 0.231 e. The van der Waals surface area contributed by atoms with Crippen LogP contribution in [0.25, 0.3) is 5.69 Å². The normalized spacial score (nSPS) is 16.3. The number of fused-ring (bicyclic) bond motifs is 1. The molecule has 0 aliphatic carbocycles. The van der Waals surface area contributed by atoms with Gasteiger partial charge in [-0.1, -0.05) is 24.2 Å². The minimum absolute atomic E-state index is 0.119. The predicted octanol–water partition coefficient (Wildman–Crippen LogP) is 4.09. The first-order valence-electron chi connectivity index (χ1n) is 11.8. The van der Waals surface area contributed by atoms with Gasteiger partial charge in [-0.2, -0.15) is 0 Å². The molecule has 184 valence electrons. The summed E-state index contributed by atoms with van der Waals surface area (Å²) in [5, 5.41) is 12.4. The number of piperidine rings is 1. The van der Waals surface area contributed by atoms with Gasteiger partial charge in [0.15, 0.2) is 22.5 Å². The number of hydrogen-bond acceptors (Lipinski definition) is 7. The average molecular weight is 498 g/mol. The number of carbonyl (C=O) groups excluding carboxylic acids is 1. The Morgan fingerprint density at radius 2 is 1.86 bits per heavy atom. The fraction of sp³-hybridized carbons (Fsp3) is 0.400. The van der Waals surface area contributed by atoms with Crippen molar-refractivity contribution in [2.75, 3.05) is 25.6 Å². The molecule has 0 radical (unpaired) electrons. The second-order valence-electron chi connectivity index (χ2n) is 8.74. The molecule has 10 heteroatoms. The van der Waals surface area contributed by atoms with Gasteiger partial charge in [0, 0.05) is 5.69 Å². The molecule has 0 spiro atoms.